The normalized spacial score (nSPS) is 16.4. The van der Waals surface area contributed by atoms with Crippen LogP contribution in [0.15, 0.2) is 16.5 Å². The second-order valence-corrected chi connectivity index (χ2v) is 6.24. The topological polar surface area (TPSA) is 71.8 Å². The minimum absolute atomic E-state index is 0.0227. The van der Waals surface area contributed by atoms with Gasteiger partial charge in [-0.15, -0.1) is 0 Å². The summed E-state index contributed by atoms with van der Waals surface area (Å²) in [6, 6.07) is 3.27. The lowest BCUT2D eigenvalue weighted by Crippen LogP contribution is -2.53. The molecule has 0 aromatic carbocycles. The molecule has 1 aromatic rings. The van der Waals surface area contributed by atoms with E-state index in [1.807, 2.05) is 32.9 Å². The molecule has 0 unspecified atom stereocenters. The summed E-state index contributed by atoms with van der Waals surface area (Å²) in [5.41, 5.74) is 0. The first-order valence-electron chi connectivity index (χ1n) is 8.18. The van der Waals surface area contributed by atoms with Crippen molar-refractivity contribution in [3.05, 3.63) is 23.7 Å². The van der Waals surface area contributed by atoms with Crippen molar-refractivity contribution in [3.63, 3.8) is 0 Å². The van der Waals surface area contributed by atoms with Crippen molar-refractivity contribution in [2.45, 2.75) is 39.7 Å². The van der Waals surface area contributed by atoms with E-state index in [2.05, 4.69) is 5.32 Å². The third-order valence-corrected chi connectivity index (χ3v) is 3.97. The smallest absolute Gasteiger partial charge is 0.245 e. The van der Waals surface area contributed by atoms with Gasteiger partial charge < -0.3 is 19.4 Å². The molecular weight excluding hydrogens is 296 g/mol. The Bertz CT molecular complexity index is 532. The number of carbonyl (C=O) groups is 2. The van der Waals surface area contributed by atoms with Crippen LogP contribution in [-0.2, 0) is 20.7 Å². The summed E-state index contributed by atoms with van der Waals surface area (Å²) < 4.78 is 10.7. The number of hydrogen-bond acceptors (Lipinski definition) is 4. The Morgan fingerprint density at radius 1 is 1.26 bits per heavy atom. The Kier molecular flexibility index (Phi) is 6.21. The van der Waals surface area contributed by atoms with E-state index in [0.717, 1.165) is 11.5 Å². The first-order chi connectivity index (χ1) is 11.0. The maximum absolute atomic E-state index is 12.6. The Balaban J connectivity index is 1.87. The molecule has 1 fully saturated rings. The molecule has 1 aliphatic rings. The molecule has 1 atom stereocenters. The van der Waals surface area contributed by atoms with E-state index in [-0.39, 0.29) is 17.7 Å². The van der Waals surface area contributed by atoms with Crippen molar-refractivity contribution in [2.24, 2.45) is 5.92 Å². The largest absolute Gasteiger partial charge is 0.466 e. The van der Waals surface area contributed by atoms with Crippen molar-refractivity contribution in [3.8, 4) is 0 Å². The molecule has 2 rings (SSSR count). The number of amides is 2. The summed E-state index contributed by atoms with van der Waals surface area (Å²) in [4.78, 5) is 26.5. The van der Waals surface area contributed by atoms with E-state index in [9.17, 15) is 9.59 Å². The highest BCUT2D eigenvalue weighted by Gasteiger charge is 2.29. The molecule has 1 saturated heterocycles. The zero-order valence-electron chi connectivity index (χ0n) is 14.1. The van der Waals surface area contributed by atoms with Crippen molar-refractivity contribution in [1.29, 1.82) is 0 Å². The molecule has 6 nitrogen and oxygen atoms in total. The Labute approximate surface area is 137 Å². The molecular formula is C17H26N2O4. The van der Waals surface area contributed by atoms with Gasteiger partial charge in [0.2, 0.25) is 11.8 Å². The van der Waals surface area contributed by atoms with Crippen molar-refractivity contribution < 1.29 is 18.7 Å². The first-order valence-corrected chi connectivity index (χ1v) is 8.18. The predicted octanol–water partition coefficient (Wildman–Crippen LogP) is 1.52. The third-order valence-electron chi connectivity index (χ3n) is 3.97. The molecule has 1 N–H and O–H groups in total. The summed E-state index contributed by atoms with van der Waals surface area (Å²) in [7, 11) is 0. The molecule has 2 amide bonds. The van der Waals surface area contributed by atoms with Gasteiger partial charge in [0.15, 0.2) is 0 Å². The van der Waals surface area contributed by atoms with Gasteiger partial charge in [-0.25, -0.2) is 0 Å². The maximum atomic E-state index is 12.6. The van der Waals surface area contributed by atoms with E-state index in [4.69, 9.17) is 9.15 Å². The van der Waals surface area contributed by atoms with E-state index >= 15 is 0 Å². The van der Waals surface area contributed by atoms with Crippen LogP contribution in [-0.4, -0.2) is 49.1 Å². The number of nitrogens with zero attached hydrogens (tertiary/aromatic N) is 1. The number of carbonyl (C=O) groups excluding carboxylic acids is 2. The summed E-state index contributed by atoms with van der Waals surface area (Å²) in [6.45, 7) is 8.05. The zero-order chi connectivity index (χ0) is 16.8. The van der Waals surface area contributed by atoms with Crippen molar-refractivity contribution >= 4 is 11.8 Å². The SMILES string of the molecule is Cc1ccc(CCC(=O)N[C@H](C(=O)N2CCOCC2)C(C)C)o1. The van der Waals surface area contributed by atoms with Crippen LogP contribution in [0.3, 0.4) is 0 Å². The Morgan fingerprint density at radius 3 is 2.52 bits per heavy atom. The molecule has 2 heterocycles. The van der Waals surface area contributed by atoms with Gasteiger partial charge in [-0.1, -0.05) is 13.8 Å². The van der Waals surface area contributed by atoms with Crippen molar-refractivity contribution in [1.82, 2.24) is 10.2 Å². The van der Waals surface area contributed by atoms with Crippen LogP contribution in [0.2, 0.25) is 0 Å². The molecule has 1 aromatic heterocycles. The van der Waals surface area contributed by atoms with Gasteiger partial charge in [0.05, 0.1) is 13.2 Å². The predicted molar refractivity (Wildman–Crippen MR) is 85.9 cm³/mol. The molecule has 1 aliphatic heterocycles. The standard InChI is InChI=1S/C17H26N2O4/c1-12(2)16(17(21)19-8-10-22-11-9-19)18-15(20)7-6-14-5-4-13(3)23-14/h4-5,12,16H,6-11H2,1-3H3,(H,18,20)/t16-/m0/s1. The van der Waals surface area contributed by atoms with E-state index in [0.29, 0.717) is 39.1 Å². The molecule has 0 aliphatic carbocycles. The second kappa shape index (κ2) is 8.15. The maximum Gasteiger partial charge on any atom is 0.245 e. The fourth-order valence-corrected chi connectivity index (χ4v) is 2.60. The van der Waals surface area contributed by atoms with Gasteiger partial charge in [0.1, 0.15) is 17.6 Å². The number of nitrogens with one attached hydrogen (secondary N) is 1. The summed E-state index contributed by atoms with van der Waals surface area (Å²) >= 11 is 0. The monoisotopic (exact) mass is 322 g/mol. The lowest BCUT2D eigenvalue weighted by Gasteiger charge is -2.32. The average Bonchev–Trinajstić information content (AvgIpc) is 2.96. The van der Waals surface area contributed by atoms with Gasteiger partial charge in [-0.3, -0.25) is 9.59 Å². The zero-order valence-corrected chi connectivity index (χ0v) is 14.1. The second-order valence-electron chi connectivity index (χ2n) is 6.24. The highest BCUT2D eigenvalue weighted by molar-refractivity contribution is 5.88. The van der Waals surface area contributed by atoms with E-state index in [1.54, 1.807) is 4.90 Å². The van der Waals surface area contributed by atoms with Gasteiger partial charge in [-0.2, -0.15) is 0 Å². The van der Waals surface area contributed by atoms with Crippen LogP contribution < -0.4 is 5.32 Å². The summed E-state index contributed by atoms with van der Waals surface area (Å²) in [6.07, 6.45) is 0.850. The van der Waals surface area contributed by atoms with Gasteiger partial charge >= 0.3 is 0 Å². The lowest BCUT2D eigenvalue weighted by molar-refractivity contribution is -0.141. The summed E-state index contributed by atoms with van der Waals surface area (Å²) in [5.74, 6) is 1.52. The Morgan fingerprint density at radius 2 is 1.96 bits per heavy atom. The third kappa shape index (κ3) is 5.10. The van der Waals surface area contributed by atoms with Gasteiger partial charge in [0.25, 0.3) is 0 Å². The van der Waals surface area contributed by atoms with E-state index in [1.165, 1.54) is 0 Å². The number of morpholine rings is 1. The molecule has 0 radical (unpaired) electrons. The Hall–Kier alpha value is -1.82. The molecule has 0 spiro atoms. The van der Waals surface area contributed by atoms with Gasteiger partial charge in [0, 0.05) is 25.9 Å². The highest BCUT2D eigenvalue weighted by atomic mass is 16.5. The summed E-state index contributed by atoms with van der Waals surface area (Å²) in [5, 5.41) is 2.88. The molecule has 0 saturated carbocycles. The highest BCUT2D eigenvalue weighted by Crippen LogP contribution is 2.11. The minimum atomic E-state index is -0.487. The molecule has 128 valence electrons. The number of hydrogen-bond donors (Lipinski definition) is 1. The molecule has 6 heteroatoms. The van der Waals surface area contributed by atoms with Crippen LogP contribution in [0.25, 0.3) is 0 Å². The number of furan rings is 1. The van der Waals surface area contributed by atoms with Crippen LogP contribution in [0.1, 0.15) is 31.8 Å². The quantitative estimate of drug-likeness (QED) is 0.862. The van der Waals surface area contributed by atoms with Crippen LogP contribution in [0.4, 0.5) is 0 Å². The van der Waals surface area contributed by atoms with Gasteiger partial charge in [-0.05, 0) is 25.0 Å². The lowest BCUT2D eigenvalue weighted by atomic mass is 10.0. The van der Waals surface area contributed by atoms with E-state index < -0.39 is 6.04 Å². The van der Waals surface area contributed by atoms with Crippen LogP contribution in [0, 0.1) is 12.8 Å². The van der Waals surface area contributed by atoms with Crippen LogP contribution in [0.5, 0.6) is 0 Å². The number of aryl methyl sites for hydroxylation is 2. The number of rotatable bonds is 6. The first kappa shape index (κ1) is 17.5. The fraction of sp³-hybridized carbons (Fsp3) is 0.647. The van der Waals surface area contributed by atoms with Crippen molar-refractivity contribution in [2.75, 3.05) is 26.3 Å². The minimum Gasteiger partial charge on any atom is -0.466 e. The average molecular weight is 322 g/mol. The fourth-order valence-electron chi connectivity index (χ4n) is 2.60. The molecule has 23 heavy (non-hydrogen) atoms. The number of ether oxygens (including phenoxy) is 1. The van der Waals surface area contributed by atoms with Crippen LogP contribution >= 0.6 is 0 Å². The molecule has 0 bridgehead atoms.